The molecule has 1 atom stereocenters. The molecule has 0 aliphatic heterocycles. The first-order valence-corrected chi connectivity index (χ1v) is 8.48. The molecule has 2 nitrogen and oxygen atoms in total. The quantitative estimate of drug-likeness (QED) is 0.688. The monoisotopic (exact) mass is 419 g/mol. The number of thiophene rings is 1. The highest BCUT2D eigenvalue weighted by Gasteiger charge is 2.15. The number of carbonyl (C=O) groups excluding carboxylic acids is 1. The SMILES string of the molecule is Cc1cc(C(C)NC(=O)c2ccc(I)c(Cl)c2)c(C)s1. The van der Waals surface area contributed by atoms with Crippen molar-refractivity contribution in [2.75, 3.05) is 0 Å². The first kappa shape index (κ1) is 15.8. The summed E-state index contributed by atoms with van der Waals surface area (Å²) in [6.07, 6.45) is 0. The fourth-order valence-electron chi connectivity index (χ4n) is 2.08. The number of benzene rings is 1. The minimum Gasteiger partial charge on any atom is -0.345 e. The number of aryl methyl sites for hydroxylation is 2. The predicted octanol–water partition coefficient (Wildman–Crippen LogP) is 5.11. The van der Waals surface area contributed by atoms with Gasteiger partial charge in [0.1, 0.15) is 0 Å². The van der Waals surface area contributed by atoms with Crippen LogP contribution in [0.25, 0.3) is 0 Å². The van der Waals surface area contributed by atoms with Gasteiger partial charge in [-0.15, -0.1) is 11.3 Å². The number of hydrogen-bond donors (Lipinski definition) is 1. The lowest BCUT2D eigenvalue weighted by Crippen LogP contribution is -2.26. The summed E-state index contributed by atoms with van der Waals surface area (Å²) in [5, 5.41) is 3.63. The molecule has 0 bridgehead atoms. The van der Waals surface area contributed by atoms with E-state index in [0.717, 1.165) is 3.57 Å². The smallest absolute Gasteiger partial charge is 0.251 e. The van der Waals surface area contributed by atoms with Crippen molar-refractivity contribution in [2.24, 2.45) is 0 Å². The normalized spacial score (nSPS) is 12.2. The summed E-state index contributed by atoms with van der Waals surface area (Å²) in [6, 6.07) is 7.47. The van der Waals surface area contributed by atoms with Gasteiger partial charge >= 0.3 is 0 Å². The van der Waals surface area contributed by atoms with Crippen LogP contribution >= 0.6 is 45.5 Å². The third-order valence-electron chi connectivity index (χ3n) is 3.08. The highest BCUT2D eigenvalue weighted by molar-refractivity contribution is 14.1. The van der Waals surface area contributed by atoms with Crippen LogP contribution in [0.1, 0.15) is 38.6 Å². The molecule has 0 radical (unpaired) electrons. The number of hydrogen-bond acceptors (Lipinski definition) is 2. The maximum absolute atomic E-state index is 12.2. The van der Waals surface area contributed by atoms with Crippen LogP contribution in [0.2, 0.25) is 5.02 Å². The highest BCUT2D eigenvalue weighted by Crippen LogP contribution is 2.26. The van der Waals surface area contributed by atoms with Crippen LogP contribution in [0.5, 0.6) is 0 Å². The average molecular weight is 420 g/mol. The van der Waals surface area contributed by atoms with E-state index in [9.17, 15) is 4.79 Å². The molecule has 1 heterocycles. The van der Waals surface area contributed by atoms with Gasteiger partial charge in [-0.3, -0.25) is 4.79 Å². The molecule has 1 amide bonds. The summed E-state index contributed by atoms with van der Waals surface area (Å²) in [6.45, 7) is 6.16. The van der Waals surface area contributed by atoms with Crippen LogP contribution in [0.3, 0.4) is 0 Å². The Hall–Kier alpha value is -0.590. The van der Waals surface area contributed by atoms with Crippen molar-refractivity contribution in [3.8, 4) is 0 Å². The number of nitrogens with one attached hydrogen (secondary N) is 1. The molecule has 5 heteroatoms. The van der Waals surface area contributed by atoms with Crippen LogP contribution in [0.4, 0.5) is 0 Å². The molecule has 1 aromatic carbocycles. The highest BCUT2D eigenvalue weighted by atomic mass is 127. The predicted molar refractivity (Wildman–Crippen MR) is 93.8 cm³/mol. The molecule has 0 aliphatic carbocycles. The van der Waals surface area contributed by atoms with Gasteiger partial charge in [0, 0.05) is 18.9 Å². The molecule has 20 heavy (non-hydrogen) atoms. The number of amides is 1. The first-order chi connectivity index (χ1) is 9.38. The Morgan fingerprint density at radius 3 is 2.60 bits per heavy atom. The summed E-state index contributed by atoms with van der Waals surface area (Å²) in [7, 11) is 0. The fourth-order valence-corrected chi connectivity index (χ4v) is 3.61. The van der Waals surface area contributed by atoms with Crippen LogP contribution in [-0.2, 0) is 0 Å². The molecular weight excluding hydrogens is 405 g/mol. The van der Waals surface area contributed by atoms with Gasteiger partial charge in [0.05, 0.1) is 11.1 Å². The lowest BCUT2D eigenvalue weighted by atomic mass is 10.1. The van der Waals surface area contributed by atoms with Gasteiger partial charge in [-0.25, -0.2) is 0 Å². The largest absolute Gasteiger partial charge is 0.345 e. The summed E-state index contributed by atoms with van der Waals surface area (Å²) in [5.41, 5.74) is 1.77. The van der Waals surface area contributed by atoms with E-state index >= 15 is 0 Å². The minimum atomic E-state index is -0.0981. The maximum atomic E-state index is 12.2. The molecule has 1 aromatic heterocycles. The van der Waals surface area contributed by atoms with E-state index in [1.165, 1.54) is 15.3 Å². The molecule has 0 fully saturated rings. The van der Waals surface area contributed by atoms with Crippen LogP contribution in [-0.4, -0.2) is 5.91 Å². The number of carbonyl (C=O) groups is 1. The van der Waals surface area contributed by atoms with E-state index in [2.05, 4.69) is 47.8 Å². The van der Waals surface area contributed by atoms with E-state index < -0.39 is 0 Å². The molecule has 2 aromatic rings. The molecule has 0 spiro atoms. The number of rotatable bonds is 3. The Balaban J connectivity index is 2.15. The molecule has 0 saturated heterocycles. The Kier molecular flexibility index (Phi) is 5.09. The zero-order valence-corrected chi connectivity index (χ0v) is 15.2. The summed E-state index contributed by atoms with van der Waals surface area (Å²) in [4.78, 5) is 14.7. The molecule has 1 N–H and O–H groups in total. The third kappa shape index (κ3) is 3.54. The van der Waals surface area contributed by atoms with Crippen LogP contribution in [0, 0.1) is 17.4 Å². The van der Waals surface area contributed by atoms with Gasteiger partial charge in [0.15, 0.2) is 0 Å². The van der Waals surface area contributed by atoms with Crippen molar-refractivity contribution in [1.29, 1.82) is 0 Å². The maximum Gasteiger partial charge on any atom is 0.251 e. The average Bonchev–Trinajstić information content (AvgIpc) is 2.71. The lowest BCUT2D eigenvalue weighted by Gasteiger charge is -2.14. The molecule has 2 rings (SSSR count). The lowest BCUT2D eigenvalue weighted by molar-refractivity contribution is 0.0940. The van der Waals surface area contributed by atoms with Crippen molar-refractivity contribution in [2.45, 2.75) is 26.8 Å². The van der Waals surface area contributed by atoms with Gasteiger partial charge < -0.3 is 5.32 Å². The van der Waals surface area contributed by atoms with Crippen molar-refractivity contribution in [3.63, 3.8) is 0 Å². The summed E-state index contributed by atoms with van der Waals surface area (Å²) < 4.78 is 0.943. The van der Waals surface area contributed by atoms with Gasteiger partial charge in [-0.05, 0) is 73.2 Å². The minimum absolute atomic E-state index is 0.00879. The zero-order valence-electron chi connectivity index (χ0n) is 11.5. The molecule has 0 saturated carbocycles. The van der Waals surface area contributed by atoms with E-state index in [-0.39, 0.29) is 11.9 Å². The standard InChI is InChI=1S/C15H15ClINOS/c1-8-6-12(10(3)20-8)9(2)18-15(19)11-4-5-14(17)13(16)7-11/h4-7,9H,1-3H3,(H,18,19). The van der Waals surface area contributed by atoms with Gasteiger partial charge in [-0.1, -0.05) is 11.6 Å². The van der Waals surface area contributed by atoms with Gasteiger partial charge in [0.25, 0.3) is 5.91 Å². The second-order valence-electron chi connectivity index (χ2n) is 4.69. The van der Waals surface area contributed by atoms with Gasteiger partial charge in [0.2, 0.25) is 0 Å². The van der Waals surface area contributed by atoms with Crippen molar-refractivity contribution < 1.29 is 4.79 Å². The summed E-state index contributed by atoms with van der Waals surface area (Å²) in [5.74, 6) is -0.0981. The van der Waals surface area contributed by atoms with E-state index in [1.54, 1.807) is 23.5 Å². The topological polar surface area (TPSA) is 29.1 Å². The second-order valence-corrected chi connectivity index (χ2v) is 7.72. The van der Waals surface area contributed by atoms with Crippen molar-refractivity contribution in [3.05, 3.63) is 53.7 Å². The first-order valence-electron chi connectivity index (χ1n) is 6.21. The van der Waals surface area contributed by atoms with Gasteiger partial charge in [-0.2, -0.15) is 0 Å². The molecule has 1 unspecified atom stereocenters. The fraction of sp³-hybridized carbons (Fsp3) is 0.267. The molecule has 106 valence electrons. The van der Waals surface area contributed by atoms with Crippen LogP contribution in [0.15, 0.2) is 24.3 Å². The number of halogens is 2. The Bertz CT molecular complexity index is 653. The van der Waals surface area contributed by atoms with Crippen molar-refractivity contribution in [1.82, 2.24) is 5.32 Å². The Morgan fingerprint density at radius 2 is 2.05 bits per heavy atom. The summed E-state index contributed by atoms with van der Waals surface area (Å²) >= 11 is 9.95. The van der Waals surface area contributed by atoms with E-state index in [0.29, 0.717) is 10.6 Å². The van der Waals surface area contributed by atoms with Crippen molar-refractivity contribution >= 4 is 51.4 Å². The van der Waals surface area contributed by atoms with E-state index in [1.807, 2.05) is 13.0 Å². The van der Waals surface area contributed by atoms with E-state index in [4.69, 9.17) is 11.6 Å². The Labute approximate surface area is 141 Å². The molecular formula is C15H15ClINOS. The second kappa shape index (κ2) is 6.45. The zero-order chi connectivity index (χ0) is 14.9. The molecule has 0 aliphatic rings. The third-order valence-corrected chi connectivity index (χ3v) is 5.63. The van der Waals surface area contributed by atoms with Crippen LogP contribution < -0.4 is 5.32 Å². The Morgan fingerprint density at radius 1 is 1.35 bits per heavy atom.